The number of aliphatic hydroxyl groups excluding tert-OH is 3. The summed E-state index contributed by atoms with van der Waals surface area (Å²) in [7, 11) is 3.71. The highest BCUT2D eigenvalue weighted by molar-refractivity contribution is 5.83. The molecular weight excluding hydrogens is 650 g/mol. The van der Waals surface area contributed by atoms with Gasteiger partial charge in [0.2, 0.25) is 0 Å². The lowest BCUT2D eigenvalue weighted by Crippen LogP contribution is -2.58. The Bertz CT molecular complexity index is 1130. The molecule has 0 radical (unpaired) electrons. The largest absolute Gasteiger partial charge is 0.459 e. The van der Waals surface area contributed by atoms with Gasteiger partial charge in [-0.2, -0.15) is 0 Å². The fourth-order valence-corrected chi connectivity index (χ4v) is 8.09. The molecule has 50 heavy (non-hydrogen) atoms. The number of esters is 1. The van der Waals surface area contributed by atoms with Crippen LogP contribution in [0, 0.1) is 23.2 Å². The van der Waals surface area contributed by atoms with Crippen molar-refractivity contribution in [2.75, 3.05) is 14.1 Å². The van der Waals surface area contributed by atoms with Crippen molar-refractivity contribution in [1.82, 2.24) is 4.90 Å². The molecule has 0 saturated carbocycles. The molecule has 3 aliphatic heterocycles. The van der Waals surface area contributed by atoms with Gasteiger partial charge >= 0.3 is 5.97 Å². The van der Waals surface area contributed by atoms with Gasteiger partial charge in [0.15, 0.2) is 12.6 Å². The summed E-state index contributed by atoms with van der Waals surface area (Å²) >= 11 is 0. The van der Waals surface area contributed by atoms with E-state index in [2.05, 4.69) is 0 Å². The van der Waals surface area contributed by atoms with Crippen LogP contribution < -0.4 is 0 Å². The first-order valence-electron chi connectivity index (χ1n) is 18.5. The van der Waals surface area contributed by atoms with Crippen LogP contribution in [0.15, 0.2) is 0 Å². The predicted molar refractivity (Wildman–Crippen MR) is 185 cm³/mol. The summed E-state index contributed by atoms with van der Waals surface area (Å²) in [6.45, 7) is 16.9. The highest BCUT2D eigenvalue weighted by atomic mass is 16.7. The molecule has 3 aliphatic rings. The van der Waals surface area contributed by atoms with Gasteiger partial charge in [0.05, 0.1) is 48.1 Å². The Labute approximate surface area is 298 Å². The number of ether oxygens (including phenoxy) is 5. The minimum atomic E-state index is -1.97. The zero-order valence-electron chi connectivity index (χ0n) is 32.4. The maximum Gasteiger partial charge on any atom is 0.311 e. The normalized spacial score (nSPS) is 49.0. The highest BCUT2D eigenvalue weighted by Crippen LogP contribution is 2.42. The summed E-state index contributed by atoms with van der Waals surface area (Å²) < 4.78 is 31.2. The molecule has 3 rings (SSSR count). The molecule has 0 unspecified atom stereocenters. The zero-order valence-corrected chi connectivity index (χ0v) is 32.4. The first-order valence-corrected chi connectivity index (χ1v) is 18.5. The number of likely N-dealkylation sites (N-methyl/N-ethyl adjacent to an activating group) is 1. The van der Waals surface area contributed by atoms with Gasteiger partial charge < -0.3 is 54.1 Å². The van der Waals surface area contributed by atoms with Gasteiger partial charge in [0.1, 0.15) is 23.6 Å². The second kappa shape index (κ2) is 16.8. The monoisotopic (exact) mass is 717 g/mol. The molecule has 17 atom stereocenters. The van der Waals surface area contributed by atoms with E-state index in [1.165, 1.54) is 20.8 Å². The number of rotatable bonds is 7. The molecule has 3 fully saturated rings. The molecule has 3 saturated heterocycles. The average molecular weight is 718 g/mol. The molecule has 13 heteroatoms. The van der Waals surface area contributed by atoms with Crippen molar-refractivity contribution in [2.24, 2.45) is 23.2 Å². The number of carbonyl (C=O) groups is 2. The Kier molecular flexibility index (Phi) is 14.5. The number of aliphatic hydroxyl groups is 5. The Hall–Kier alpha value is -1.26. The van der Waals surface area contributed by atoms with Crippen molar-refractivity contribution in [3.8, 4) is 0 Å². The number of carbonyl (C=O) groups excluding carboxylic acids is 2. The average Bonchev–Trinajstić information content (AvgIpc) is 3.04. The number of nitrogens with zero attached hydrogens (tertiary/aromatic N) is 1. The third-order valence-corrected chi connectivity index (χ3v) is 11.9. The van der Waals surface area contributed by atoms with Crippen molar-refractivity contribution in [2.45, 2.75) is 186 Å². The number of cyclic esters (lactones) is 1. The third-order valence-electron chi connectivity index (χ3n) is 11.9. The Balaban J connectivity index is 2.12. The maximum atomic E-state index is 14.0. The summed E-state index contributed by atoms with van der Waals surface area (Å²) in [6, 6.07) is -0.301. The molecule has 0 aliphatic carbocycles. The number of hydrogen-bond acceptors (Lipinski definition) is 13. The fourth-order valence-electron chi connectivity index (χ4n) is 8.09. The topological polar surface area (TPSA) is 185 Å². The molecule has 0 spiro atoms. The summed E-state index contributed by atoms with van der Waals surface area (Å²) in [5, 5.41) is 57.4. The van der Waals surface area contributed by atoms with E-state index in [0.29, 0.717) is 19.3 Å². The number of hydrogen-bond donors (Lipinski definition) is 5. The Morgan fingerprint density at radius 3 is 2.04 bits per heavy atom. The summed E-state index contributed by atoms with van der Waals surface area (Å²) in [6.07, 6.45) is -8.07. The number of ketones is 1. The maximum absolute atomic E-state index is 14.0. The molecule has 0 aromatic heterocycles. The summed E-state index contributed by atoms with van der Waals surface area (Å²) in [4.78, 5) is 29.6. The van der Waals surface area contributed by atoms with E-state index >= 15 is 0 Å². The van der Waals surface area contributed by atoms with Crippen LogP contribution in [0.25, 0.3) is 0 Å². The molecule has 0 aromatic rings. The van der Waals surface area contributed by atoms with Crippen molar-refractivity contribution in [3.05, 3.63) is 0 Å². The fraction of sp³-hybridized carbons (Fsp3) is 0.946. The number of Topliss-reactive ketones (excluding diaryl/α,β-unsaturated/α-hetero) is 1. The van der Waals surface area contributed by atoms with Gasteiger partial charge in [0.25, 0.3) is 0 Å². The lowest BCUT2D eigenvalue weighted by atomic mass is 9.74. The minimum Gasteiger partial charge on any atom is -0.459 e. The van der Waals surface area contributed by atoms with E-state index in [0.717, 1.165) is 0 Å². The van der Waals surface area contributed by atoms with Gasteiger partial charge in [-0.3, -0.25) is 9.59 Å². The van der Waals surface area contributed by atoms with Crippen LogP contribution in [-0.4, -0.2) is 135 Å². The van der Waals surface area contributed by atoms with E-state index in [9.17, 15) is 35.1 Å². The Morgan fingerprint density at radius 1 is 0.860 bits per heavy atom. The van der Waals surface area contributed by atoms with Crippen LogP contribution in [0.3, 0.4) is 0 Å². The van der Waals surface area contributed by atoms with Crippen LogP contribution in [0.5, 0.6) is 0 Å². The van der Waals surface area contributed by atoms with Crippen LogP contribution in [-0.2, 0) is 33.3 Å². The van der Waals surface area contributed by atoms with E-state index in [1.54, 1.807) is 27.7 Å². The van der Waals surface area contributed by atoms with Crippen molar-refractivity contribution < 1.29 is 58.8 Å². The summed E-state index contributed by atoms with van der Waals surface area (Å²) in [5.74, 6) is -3.97. The van der Waals surface area contributed by atoms with Crippen LogP contribution >= 0.6 is 0 Å². The first-order chi connectivity index (χ1) is 23.0. The molecule has 0 amide bonds. The molecule has 292 valence electrons. The van der Waals surface area contributed by atoms with Crippen molar-refractivity contribution in [1.29, 1.82) is 0 Å². The molecular formula is C37H67NO12. The second-order valence-electron chi connectivity index (χ2n) is 16.5. The molecule has 3 heterocycles. The van der Waals surface area contributed by atoms with Gasteiger partial charge in [0, 0.05) is 36.1 Å². The molecule has 13 nitrogen and oxygen atoms in total. The van der Waals surface area contributed by atoms with Crippen LogP contribution in [0.2, 0.25) is 0 Å². The SMILES string of the molecule is CC[C@H]1OC(=O)[C@H](C)[C@@H](O[C@H]2C[C@@](C)(CC)[C@@H](O)[C@H](C)O2)C[C@@H](O[C@@H]2O[C@H](C)C[C@H](N(C)C)[C@H]2O)[C@](C)(O)C[C@@H](C)C(=O)[C@H](C)[C@@H](O)[C@]1(C)O. The van der Waals surface area contributed by atoms with Crippen LogP contribution in [0.1, 0.15) is 108 Å². The molecule has 5 N–H and O–H groups in total. The smallest absolute Gasteiger partial charge is 0.311 e. The first kappa shape index (κ1) is 43.1. The van der Waals surface area contributed by atoms with Gasteiger partial charge in [-0.25, -0.2) is 0 Å². The van der Waals surface area contributed by atoms with Crippen molar-refractivity contribution in [3.63, 3.8) is 0 Å². The van der Waals surface area contributed by atoms with E-state index in [4.69, 9.17) is 23.7 Å². The zero-order chi connectivity index (χ0) is 38.1. The van der Waals surface area contributed by atoms with Gasteiger partial charge in [-0.15, -0.1) is 0 Å². The molecule has 0 aromatic carbocycles. The standard InChI is InChI=1S/C37H67NO12/c1-13-26-37(10,45)31(41)22(6)29(39)19(3)17-36(9,44)27(50-34-30(40)24(38(11)12)15-20(4)46-34)16-25(21(5)33(43)49-26)48-28-18-35(8,14-2)32(42)23(7)47-28/h19-28,30-32,34,40-42,44-45H,13-18H2,1-12H3/t19-,20-,21-,22+,23+,24+,25+,26-,27-,28+,30-,31-,32+,34+,35-,36-,37-/m1/s1. The predicted octanol–water partition coefficient (Wildman–Crippen LogP) is 2.55. The molecule has 0 bridgehead atoms. The van der Waals surface area contributed by atoms with E-state index in [1.807, 2.05) is 39.8 Å². The van der Waals surface area contributed by atoms with Gasteiger partial charge in [-0.05, 0) is 74.4 Å². The summed E-state index contributed by atoms with van der Waals surface area (Å²) in [5.41, 5.74) is -4.25. The van der Waals surface area contributed by atoms with Crippen LogP contribution in [0.4, 0.5) is 0 Å². The quantitative estimate of drug-likeness (QED) is 0.243. The van der Waals surface area contributed by atoms with E-state index < -0.39 is 101 Å². The third kappa shape index (κ3) is 9.45. The highest BCUT2D eigenvalue weighted by Gasteiger charge is 2.51. The lowest BCUT2D eigenvalue weighted by molar-refractivity contribution is -0.302. The van der Waals surface area contributed by atoms with Gasteiger partial charge in [-0.1, -0.05) is 34.6 Å². The Morgan fingerprint density at radius 2 is 1.48 bits per heavy atom. The minimum absolute atomic E-state index is 0.0945. The lowest BCUT2D eigenvalue weighted by Gasteiger charge is -2.47. The van der Waals surface area contributed by atoms with Crippen molar-refractivity contribution >= 4 is 11.8 Å². The second-order valence-corrected chi connectivity index (χ2v) is 16.5. The van der Waals surface area contributed by atoms with E-state index in [-0.39, 0.29) is 31.4 Å².